The molecule has 0 unspecified atom stereocenters. The fraction of sp³-hybridized carbons (Fsp3) is 0.500. The Hall–Kier alpha value is -1.80. The van der Waals surface area contributed by atoms with Crippen LogP contribution in [0.5, 0.6) is 0 Å². The fourth-order valence-electron chi connectivity index (χ4n) is 3.56. The van der Waals surface area contributed by atoms with E-state index in [9.17, 15) is 9.59 Å². The molecule has 7 nitrogen and oxygen atoms in total. The lowest BCUT2D eigenvalue weighted by atomic mass is 9.94. The van der Waals surface area contributed by atoms with E-state index in [0.717, 1.165) is 26.2 Å². The normalized spacial score (nSPS) is 21.3. The Balaban J connectivity index is 2.03. The smallest absolute Gasteiger partial charge is 0.338 e. The van der Waals surface area contributed by atoms with Crippen molar-refractivity contribution in [2.75, 3.05) is 53.4 Å². The maximum atomic E-state index is 12.9. The average Bonchev–Trinajstić information content (AvgIpc) is 2.69. The molecule has 0 aliphatic carbocycles. The van der Waals surface area contributed by atoms with Gasteiger partial charge in [-0.25, -0.2) is 9.59 Å². The number of ether oxygens (including phenoxy) is 1. The van der Waals surface area contributed by atoms with Gasteiger partial charge in [-0.1, -0.05) is 29.3 Å². The molecule has 2 aliphatic heterocycles. The van der Waals surface area contributed by atoms with Gasteiger partial charge in [-0.3, -0.25) is 9.80 Å². The van der Waals surface area contributed by atoms with Gasteiger partial charge < -0.3 is 15.0 Å². The number of rotatable bonds is 5. The first kappa shape index (κ1) is 21.9. The molecule has 0 spiro atoms. The predicted octanol–water partition coefficient (Wildman–Crippen LogP) is 2.75. The number of benzene rings is 1. The van der Waals surface area contributed by atoms with E-state index in [4.69, 9.17) is 27.9 Å². The van der Waals surface area contributed by atoms with Crippen LogP contribution in [0.1, 0.15) is 18.5 Å². The van der Waals surface area contributed by atoms with Crippen LogP contribution in [0.25, 0.3) is 0 Å². The standard InChI is InChI=1S/C20H26Cl2N4O3/c1-4-29-19(27)17-16(12-26-9-7-24(2)8-10-26)25(3)20(28)23-18(17)13-5-6-14(21)15(22)11-13/h5-6,11,18H,4,7-10,12H2,1-3H3,(H,23,28)/t18-/m1/s1. The van der Waals surface area contributed by atoms with Crippen LogP contribution in [0, 0.1) is 0 Å². The Labute approximate surface area is 181 Å². The molecular formula is C20H26Cl2N4O3. The van der Waals surface area contributed by atoms with Gasteiger partial charge in [-0.2, -0.15) is 0 Å². The number of halogens is 2. The molecule has 1 saturated heterocycles. The van der Waals surface area contributed by atoms with E-state index < -0.39 is 12.0 Å². The summed E-state index contributed by atoms with van der Waals surface area (Å²) >= 11 is 12.2. The minimum Gasteiger partial charge on any atom is -0.463 e. The molecule has 1 atom stereocenters. The van der Waals surface area contributed by atoms with Crippen LogP contribution < -0.4 is 5.32 Å². The summed E-state index contributed by atoms with van der Waals surface area (Å²) in [6.45, 7) is 6.10. The van der Waals surface area contributed by atoms with E-state index in [1.54, 1.807) is 32.2 Å². The molecule has 29 heavy (non-hydrogen) atoms. The highest BCUT2D eigenvalue weighted by Gasteiger charge is 2.37. The molecular weight excluding hydrogens is 415 g/mol. The molecule has 158 valence electrons. The predicted molar refractivity (Wildman–Crippen MR) is 113 cm³/mol. The highest BCUT2D eigenvalue weighted by Crippen LogP contribution is 2.34. The third kappa shape index (κ3) is 4.86. The molecule has 2 aliphatic rings. The van der Waals surface area contributed by atoms with Gasteiger partial charge in [0.2, 0.25) is 0 Å². The van der Waals surface area contributed by atoms with Crippen LogP contribution in [-0.2, 0) is 9.53 Å². The lowest BCUT2D eigenvalue weighted by molar-refractivity contribution is -0.139. The Bertz CT molecular complexity index is 822. The van der Waals surface area contributed by atoms with Crippen LogP contribution in [0.3, 0.4) is 0 Å². The Morgan fingerprint density at radius 2 is 1.86 bits per heavy atom. The third-order valence-corrected chi connectivity index (χ3v) is 6.06. The van der Waals surface area contributed by atoms with Gasteiger partial charge in [0.1, 0.15) is 0 Å². The zero-order chi connectivity index (χ0) is 21.1. The van der Waals surface area contributed by atoms with Gasteiger partial charge in [0.25, 0.3) is 0 Å². The number of carbonyl (C=O) groups excluding carboxylic acids is 2. The summed E-state index contributed by atoms with van der Waals surface area (Å²) in [4.78, 5) is 31.6. The molecule has 0 saturated carbocycles. The lowest BCUT2D eigenvalue weighted by Gasteiger charge is -2.39. The first-order chi connectivity index (χ1) is 13.8. The van der Waals surface area contributed by atoms with E-state index in [1.165, 1.54) is 4.90 Å². The first-order valence-corrected chi connectivity index (χ1v) is 10.4. The highest BCUT2D eigenvalue weighted by molar-refractivity contribution is 6.42. The van der Waals surface area contributed by atoms with Crippen molar-refractivity contribution in [2.45, 2.75) is 13.0 Å². The summed E-state index contributed by atoms with van der Waals surface area (Å²) in [6.07, 6.45) is 0. The second-order valence-electron chi connectivity index (χ2n) is 7.28. The van der Waals surface area contributed by atoms with E-state index in [0.29, 0.717) is 33.4 Å². The number of nitrogens with one attached hydrogen (secondary N) is 1. The van der Waals surface area contributed by atoms with Crippen LogP contribution in [0.4, 0.5) is 4.79 Å². The number of hydrogen-bond donors (Lipinski definition) is 1. The molecule has 9 heteroatoms. The molecule has 3 rings (SSSR count). The van der Waals surface area contributed by atoms with Crippen molar-refractivity contribution in [2.24, 2.45) is 0 Å². The molecule has 2 heterocycles. The second-order valence-corrected chi connectivity index (χ2v) is 8.09. The highest BCUT2D eigenvalue weighted by atomic mass is 35.5. The zero-order valence-electron chi connectivity index (χ0n) is 16.9. The summed E-state index contributed by atoms with van der Waals surface area (Å²) < 4.78 is 5.35. The fourth-order valence-corrected chi connectivity index (χ4v) is 3.86. The minimum absolute atomic E-state index is 0.246. The number of amides is 2. The topological polar surface area (TPSA) is 65.1 Å². The summed E-state index contributed by atoms with van der Waals surface area (Å²) in [5.41, 5.74) is 1.75. The Morgan fingerprint density at radius 1 is 1.17 bits per heavy atom. The number of urea groups is 1. The molecule has 0 aromatic heterocycles. The largest absolute Gasteiger partial charge is 0.463 e. The molecule has 0 radical (unpaired) electrons. The van der Waals surface area contributed by atoms with Gasteiger partial charge in [0.05, 0.1) is 28.3 Å². The Kier molecular flexibility index (Phi) is 7.05. The molecule has 1 aromatic rings. The molecule has 1 aromatic carbocycles. The van der Waals surface area contributed by atoms with E-state index in [1.807, 2.05) is 0 Å². The number of esters is 1. The summed E-state index contributed by atoms with van der Waals surface area (Å²) in [5.74, 6) is -0.445. The van der Waals surface area contributed by atoms with Crippen LogP contribution in [0.15, 0.2) is 29.5 Å². The van der Waals surface area contributed by atoms with Crippen LogP contribution in [0.2, 0.25) is 10.0 Å². The van der Waals surface area contributed by atoms with Crippen molar-refractivity contribution in [1.82, 2.24) is 20.0 Å². The van der Waals surface area contributed by atoms with E-state index in [-0.39, 0.29) is 12.6 Å². The van der Waals surface area contributed by atoms with Crippen molar-refractivity contribution >= 4 is 35.2 Å². The maximum absolute atomic E-state index is 12.9. The molecule has 1 fully saturated rings. The van der Waals surface area contributed by atoms with Crippen molar-refractivity contribution in [3.63, 3.8) is 0 Å². The monoisotopic (exact) mass is 440 g/mol. The summed E-state index contributed by atoms with van der Waals surface area (Å²) in [5, 5.41) is 3.67. The van der Waals surface area contributed by atoms with Gasteiger partial charge in [0.15, 0.2) is 0 Å². The van der Waals surface area contributed by atoms with Crippen LogP contribution >= 0.6 is 23.2 Å². The number of piperazine rings is 1. The van der Waals surface area contributed by atoms with Gasteiger partial charge in [0, 0.05) is 45.5 Å². The van der Waals surface area contributed by atoms with Crippen molar-refractivity contribution < 1.29 is 14.3 Å². The molecule has 1 N–H and O–H groups in total. The lowest BCUT2D eigenvalue weighted by Crippen LogP contribution is -2.51. The van der Waals surface area contributed by atoms with Gasteiger partial charge in [-0.15, -0.1) is 0 Å². The quantitative estimate of drug-likeness (QED) is 0.712. The molecule has 2 amide bonds. The average molecular weight is 441 g/mol. The number of likely N-dealkylation sites (N-methyl/N-ethyl adjacent to an activating group) is 2. The van der Waals surface area contributed by atoms with E-state index in [2.05, 4.69) is 22.2 Å². The summed E-state index contributed by atoms with van der Waals surface area (Å²) in [6, 6.07) is 4.16. The Morgan fingerprint density at radius 3 is 2.48 bits per heavy atom. The minimum atomic E-state index is -0.657. The second kappa shape index (κ2) is 9.34. The van der Waals surface area contributed by atoms with Gasteiger partial charge in [-0.05, 0) is 31.7 Å². The third-order valence-electron chi connectivity index (χ3n) is 5.32. The summed E-state index contributed by atoms with van der Waals surface area (Å²) in [7, 11) is 3.76. The molecule has 0 bridgehead atoms. The van der Waals surface area contributed by atoms with E-state index >= 15 is 0 Å². The zero-order valence-corrected chi connectivity index (χ0v) is 18.4. The maximum Gasteiger partial charge on any atom is 0.338 e. The van der Waals surface area contributed by atoms with Crippen molar-refractivity contribution in [3.8, 4) is 0 Å². The van der Waals surface area contributed by atoms with Crippen molar-refractivity contribution in [1.29, 1.82) is 0 Å². The number of hydrogen-bond acceptors (Lipinski definition) is 5. The number of nitrogens with zero attached hydrogens (tertiary/aromatic N) is 3. The SMILES string of the molecule is CCOC(=O)C1=C(CN2CCN(C)CC2)N(C)C(=O)N[C@@H]1c1ccc(Cl)c(Cl)c1. The van der Waals surface area contributed by atoms with Crippen molar-refractivity contribution in [3.05, 3.63) is 45.1 Å². The van der Waals surface area contributed by atoms with Crippen LogP contribution in [-0.4, -0.2) is 80.1 Å². The number of carbonyl (C=O) groups is 2. The first-order valence-electron chi connectivity index (χ1n) is 9.62. The van der Waals surface area contributed by atoms with Gasteiger partial charge >= 0.3 is 12.0 Å².